The minimum atomic E-state index is -0.150. The Morgan fingerprint density at radius 2 is 1.82 bits per heavy atom. The average molecular weight is 291 g/mol. The van der Waals surface area contributed by atoms with Gasteiger partial charge in [-0.25, -0.2) is 0 Å². The molecule has 0 fully saturated rings. The van der Waals surface area contributed by atoms with Crippen molar-refractivity contribution in [2.24, 2.45) is 0 Å². The van der Waals surface area contributed by atoms with Crippen LogP contribution in [-0.4, -0.2) is 5.91 Å². The van der Waals surface area contributed by atoms with Crippen molar-refractivity contribution in [1.82, 2.24) is 0 Å². The Kier molecular flexibility index (Phi) is 3.44. The number of hydrogen-bond acceptors (Lipinski definition) is 2. The molecule has 4 heteroatoms. The summed E-state index contributed by atoms with van der Waals surface area (Å²) in [6.45, 7) is 0. The zero-order valence-electron chi connectivity index (χ0n) is 8.98. The van der Waals surface area contributed by atoms with Crippen LogP contribution in [0.5, 0.6) is 0 Å². The Labute approximate surface area is 108 Å². The van der Waals surface area contributed by atoms with E-state index in [4.69, 9.17) is 5.73 Å². The van der Waals surface area contributed by atoms with Crippen LogP contribution >= 0.6 is 15.9 Å². The maximum absolute atomic E-state index is 11.9. The number of halogens is 1. The molecule has 3 nitrogen and oxygen atoms in total. The Balaban J connectivity index is 2.14. The van der Waals surface area contributed by atoms with Crippen LogP contribution in [0.1, 0.15) is 10.4 Å². The molecule has 2 aromatic carbocycles. The summed E-state index contributed by atoms with van der Waals surface area (Å²) in [4.78, 5) is 11.9. The first-order valence-corrected chi connectivity index (χ1v) is 5.87. The van der Waals surface area contributed by atoms with E-state index in [-0.39, 0.29) is 5.91 Å². The predicted octanol–water partition coefficient (Wildman–Crippen LogP) is 3.28. The first kappa shape index (κ1) is 11.7. The molecule has 0 atom stereocenters. The highest BCUT2D eigenvalue weighted by Gasteiger charge is 2.05. The van der Waals surface area contributed by atoms with Crippen molar-refractivity contribution in [2.45, 2.75) is 0 Å². The van der Waals surface area contributed by atoms with Gasteiger partial charge >= 0.3 is 0 Å². The summed E-state index contributed by atoms with van der Waals surface area (Å²) in [5, 5.41) is 2.81. The zero-order chi connectivity index (χ0) is 12.3. The molecule has 2 aromatic rings. The van der Waals surface area contributed by atoms with Gasteiger partial charge in [0.05, 0.1) is 0 Å². The van der Waals surface area contributed by atoms with Gasteiger partial charge in [-0.05, 0) is 42.5 Å². The molecule has 0 bridgehead atoms. The van der Waals surface area contributed by atoms with Gasteiger partial charge in [0, 0.05) is 21.4 Å². The molecule has 0 saturated carbocycles. The summed E-state index contributed by atoms with van der Waals surface area (Å²) in [6, 6.07) is 14.2. The van der Waals surface area contributed by atoms with Gasteiger partial charge in [-0.2, -0.15) is 0 Å². The van der Waals surface area contributed by atoms with Gasteiger partial charge in [0.15, 0.2) is 0 Å². The molecule has 0 aromatic heterocycles. The topological polar surface area (TPSA) is 55.1 Å². The van der Waals surface area contributed by atoms with Crippen LogP contribution in [0.25, 0.3) is 0 Å². The SMILES string of the molecule is Nc1ccc(C(=O)Nc2cccc(Br)c2)cc1. The van der Waals surface area contributed by atoms with Crippen LogP contribution < -0.4 is 11.1 Å². The molecule has 0 radical (unpaired) electrons. The molecule has 0 spiro atoms. The van der Waals surface area contributed by atoms with Gasteiger partial charge in [0.2, 0.25) is 0 Å². The maximum Gasteiger partial charge on any atom is 0.255 e. The lowest BCUT2D eigenvalue weighted by molar-refractivity contribution is 0.102. The summed E-state index contributed by atoms with van der Waals surface area (Å²) < 4.78 is 0.924. The number of carbonyl (C=O) groups excluding carboxylic acids is 1. The number of nitrogen functional groups attached to an aromatic ring is 1. The second-order valence-corrected chi connectivity index (χ2v) is 4.50. The van der Waals surface area contributed by atoms with Crippen molar-refractivity contribution in [1.29, 1.82) is 0 Å². The molecule has 0 aliphatic carbocycles. The standard InChI is InChI=1S/C13H11BrN2O/c14-10-2-1-3-12(8-10)16-13(17)9-4-6-11(15)7-5-9/h1-8H,15H2,(H,16,17). The molecule has 17 heavy (non-hydrogen) atoms. The Hall–Kier alpha value is -1.81. The van der Waals surface area contributed by atoms with Crippen LogP contribution in [0.4, 0.5) is 11.4 Å². The summed E-state index contributed by atoms with van der Waals surface area (Å²) in [5.74, 6) is -0.150. The second-order valence-electron chi connectivity index (χ2n) is 3.59. The largest absolute Gasteiger partial charge is 0.399 e. The molecule has 0 unspecified atom stereocenters. The molecule has 1 amide bonds. The first-order chi connectivity index (χ1) is 8.15. The van der Waals surface area contributed by atoms with E-state index < -0.39 is 0 Å². The molecule has 0 heterocycles. The van der Waals surface area contributed by atoms with E-state index in [0.29, 0.717) is 11.3 Å². The lowest BCUT2D eigenvalue weighted by Crippen LogP contribution is -2.11. The normalized spacial score (nSPS) is 9.94. The van der Waals surface area contributed by atoms with Gasteiger partial charge in [0.1, 0.15) is 0 Å². The summed E-state index contributed by atoms with van der Waals surface area (Å²) >= 11 is 3.35. The van der Waals surface area contributed by atoms with E-state index in [9.17, 15) is 4.79 Å². The number of anilines is 2. The molecular weight excluding hydrogens is 280 g/mol. The fourth-order valence-corrected chi connectivity index (χ4v) is 1.80. The van der Waals surface area contributed by atoms with Crippen molar-refractivity contribution in [3.05, 3.63) is 58.6 Å². The fourth-order valence-electron chi connectivity index (χ4n) is 1.40. The van der Waals surface area contributed by atoms with E-state index in [1.54, 1.807) is 24.3 Å². The van der Waals surface area contributed by atoms with E-state index in [1.165, 1.54) is 0 Å². The fraction of sp³-hybridized carbons (Fsp3) is 0. The quantitative estimate of drug-likeness (QED) is 0.834. The van der Waals surface area contributed by atoms with Crippen LogP contribution in [0.2, 0.25) is 0 Å². The van der Waals surface area contributed by atoms with Gasteiger partial charge < -0.3 is 11.1 Å². The van der Waals surface area contributed by atoms with E-state index in [2.05, 4.69) is 21.2 Å². The van der Waals surface area contributed by atoms with Gasteiger partial charge in [-0.1, -0.05) is 22.0 Å². The van der Waals surface area contributed by atoms with Crippen LogP contribution in [0.15, 0.2) is 53.0 Å². The lowest BCUT2D eigenvalue weighted by Gasteiger charge is -2.05. The number of hydrogen-bond donors (Lipinski definition) is 2. The van der Waals surface area contributed by atoms with Crippen LogP contribution in [-0.2, 0) is 0 Å². The number of amides is 1. The highest BCUT2D eigenvalue weighted by molar-refractivity contribution is 9.10. The summed E-state index contributed by atoms with van der Waals surface area (Å²) in [5.41, 5.74) is 7.54. The average Bonchev–Trinajstić information content (AvgIpc) is 2.29. The zero-order valence-corrected chi connectivity index (χ0v) is 10.6. The molecule has 86 valence electrons. The van der Waals surface area contributed by atoms with Crippen molar-refractivity contribution in [3.63, 3.8) is 0 Å². The Morgan fingerprint density at radius 3 is 2.47 bits per heavy atom. The Morgan fingerprint density at radius 1 is 1.12 bits per heavy atom. The predicted molar refractivity (Wildman–Crippen MR) is 72.9 cm³/mol. The lowest BCUT2D eigenvalue weighted by atomic mass is 10.2. The summed E-state index contributed by atoms with van der Waals surface area (Å²) in [6.07, 6.45) is 0. The maximum atomic E-state index is 11.9. The highest BCUT2D eigenvalue weighted by atomic mass is 79.9. The number of benzene rings is 2. The smallest absolute Gasteiger partial charge is 0.255 e. The second kappa shape index (κ2) is 5.01. The van der Waals surface area contributed by atoms with E-state index >= 15 is 0 Å². The van der Waals surface area contributed by atoms with Crippen molar-refractivity contribution >= 4 is 33.2 Å². The third-order valence-corrected chi connectivity index (χ3v) is 2.75. The third kappa shape index (κ3) is 3.07. The van der Waals surface area contributed by atoms with Crippen molar-refractivity contribution < 1.29 is 4.79 Å². The van der Waals surface area contributed by atoms with E-state index in [0.717, 1.165) is 10.2 Å². The molecule has 0 saturated heterocycles. The minimum Gasteiger partial charge on any atom is -0.399 e. The van der Waals surface area contributed by atoms with E-state index in [1.807, 2.05) is 24.3 Å². The first-order valence-electron chi connectivity index (χ1n) is 5.07. The van der Waals surface area contributed by atoms with Crippen LogP contribution in [0.3, 0.4) is 0 Å². The van der Waals surface area contributed by atoms with Crippen molar-refractivity contribution in [2.75, 3.05) is 11.1 Å². The number of nitrogens with one attached hydrogen (secondary N) is 1. The molecule has 0 aliphatic rings. The third-order valence-electron chi connectivity index (χ3n) is 2.26. The van der Waals surface area contributed by atoms with Gasteiger partial charge in [0.25, 0.3) is 5.91 Å². The van der Waals surface area contributed by atoms with Gasteiger partial charge in [-0.3, -0.25) is 4.79 Å². The minimum absolute atomic E-state index is 0.150. The number of nitrogens with two attached hydrogens (primary N) is 1. The molecule has 3 N–H and O–H groups in total. The summed E-state index contributed by atoms with van der Waals surface area (Å²) in [7, 11) is 0. The Bertz CT molecular complexity index is 537. The monoisotopic (exact) mass is 290 g/mol. The van der Waals surface area contributed by atoms with Gasteiger partial charge in [-0.15, -0.1) is 0 Å². The number of rotatable bonds is 2. The van der Waals surface area contributed by atoms with Crippen molar-refractivity contribution in [3.8, 4) is 0 Å². The van der Waals surface area contributed by atoms with Crippen LogP contribution in [0, 0.1) is 0 Å². The molecule has 2 rings (SSSR count). The highest BCUT2D eigenvalue weighted by Crippen LogP contribution is 2.16. The molecular formula is C13H11BrN2O. The number of carbonyl (C=O) groups is 1. The molecule has 0 aliphatic heterocycles.